The molecule has 152 valence electrons. The van der Waals surface area contributed by atoms with E-state index in [1.165, 1.54) is 0 Å². The van der Waals surface area contributed by atoms with Crippen molar-refractivity contribution in [1.29, 1.82) is 0 Å². The van der Waals surface area contributed by atoms with Crippen LogP contribution in [0.3, 0.4) is 0 Å². The number of pyridine rings is 1. The van der Waals surface area contributed by atoms with E-state index in [4.69, 9.17) is 0 Å². The van der Waals surface area contributed by atoms with Crippen LogP contribution in [0.5, 0.6) is 0 Å². The molecule has 2 N–H and O–H groups in total. The Kier molecular flexibility index (Phi) is 5.86. The number of imide groups is 1. The lowest BCUT2D eigenvalue weighted by Crippen LogP contribution is -2.50. The summed E-state index contributed by atoms with van der Waals surface area (Å²) in [6, 6.07) is 3.23. The Morgan fingerprint density at radius 3 is 2.71 bits per heavy atom. The number of nitrogens with one attached hydrogen (secondary N) is 2. The molecule has 0 radical (unpaired) electrons. The molecule has 3 rings (SSSR count). The number of urea groups is 1. The van der Waals surface area contributed by atoms with Gasteiger partial charge in [0, 0.05) is 32.4 Å². The Balaban J connectivity index is 1.59. The first-order chi connectivity index (χ1) is 13.4. The number of carbonyl (C=O) groups is 3. The van der Waals surface area contributed by atoms with Crippen molar-refractivity contribution in [2.45, 2.75) is 51.1 Å². The van der Waals surface area contributed by atoms with E-state index in [9.17, 15) is 14.4 Å². The fourth-order valence-electron chi connectivity index (χ4n) is 4.10. The monoisotopic (exact) mass is 387 g/mol. The predicted octanol–water partition coefficient (Wildman–Crippen LogP) is 1.65. The highest BCUT2D eigenvalue weighted by Gasteiger charge is 2.52. The highest BCUT2D eigenvalue weighted by Crippen LogP contribution is 2.37. The average molecular weight is 387 g/mol. The molecule has 0 atom stereocenters. The topological polar surface area (TPSA) is 94.6 Å². The third-order valence-corrected chi connectivity index (χ3v) is 5.85. The number of amides is 4. The molecule has 1 aliphatic heterocycles. The van der Waals surface area contributed by atoms with Gasteiger partial charge in [-0.2, -0.15) is 0 Å². The van der Waals surface area contributed by atoms with Gasteiger partial charge in [0.25, 0.3) is 5.91 Å². The molecular formula is C20H29N5O3. The maximum Gasteiger partial charge on any atom is 0.325 e. The largest absolute Gasteiger partial charge is 0.362 e. The minimum atomic E-state index is -0.815. The minimum absolute atomic E-state index is 0.263. The molecule has 1 aromatic heterocycles. The van der Waals surface area contributed by atoms with E-state index in [1.54, 1.807) is 6.20 Å². The van der Waals surface area contributed by atoms with E-state index in [0.29, 0.717) is 18.8 Å². The fraction of sp³-hybridized carbons (Fsp3) is 0.600. The highest BCUT2D eigenvalue weighted by molar-refractivity contribution is 6.09. The first-order valence-electron chi connectivity index (χ1n) is 9.88. The van der Waals surface area contributed by atoms with Crippen LogP contribution in [0.25, 0.3) is 0 Å². The van der Waals surface area contributed by atoms with Gasteiger partial charge in [-0.3, -0.25) is 14.5 Å². The van der Waals surface area contributed by atoms with E-state index in [-0.39, 0.29) is 24.9 Å². The summed E-state index contributed by atoms with van der Waals surface area (Å²) in [6.07, 6.45) is 5.94. The Bertz CT molecular complexity index is 756. The van der Waals surface area contributed by atoms with Gasteiger partial charge in [0.1, 0.15) is 17.9 Å². The van der Waals surface area contributed by atoms with E-state index < -0.39 is 11.6 Å². The molecule has 2 heterocycles. The zero-order valence-corrected chi connectivity index (χ0v) is 16.8. The molecule has 0 unspecified atom stereocenters. The molecule has 2 fully saturated rings. The summed E-state index contributed by atoms with van der Waals surface area (Å²) in [5, 5.41) is 5.65. The minimum Gasteiger partial charge on any atom is -0.362 e. The molecule has 1 saturated heterocycles. The van der Waals surface area contributed by atoms with Crippen molar-refractivity contribution < 1.29 is 14.4 Å². The van der Waals surface area contributed by atoms with Crippen molar-refractivity contribution >= 4 is 23.7 Å². The Labute approximate surface area is 165 Å². The first-order valence-corrected chi connectivity index (χ1v) is 9.88. The maximum atomic E-state index is 12.9. The fourth-order valence-corrected chi connectivity index (χ4v) is 4.10. The number of anilines is 1. The van der Waals surface area contributed by atoms with Crippen molar-refractivity contribution in [2.75, 3.05) is 25.5 Å². The number of nitrogens with zero attached hydrogens (tertiary/aromatic N) is 3. The Morgan fingerprint density at radius 2 is 2.07 bits per heavy atom. The van der Waals surface area contributed by atoms with Gasteiger partial charge in [0.2, 0.25) is 5.91 Å². The van der Waals surface area contributed by atoms with Crippen LogP contribution >= 0.6 is 0 Å². The molecule has 1 spiro atoms. The number of aromatic nitrogens is 1. The molecule has 0 aromatic carbocycles. The quantitative estimate of drug-likeness (QED) is 0.724. The van der Waals surface area contributed by atoms with Crippen molar-refractivity contribution in [2.24, 2.45) is 5.92 Å². The summed E-state index contributed by atoms with van der Waals surface area (Å²) in [6.45, 7) is 2.17. The van der Waals surface area contributed by atoms with Gasteiger partial charge in [0.15, 0.2) is 0 Å². The van der Waals surface area contributed by atoms with Crippen LogP contribution in [-0.2, 0) is 16.1 Å². The first kappa shape index (κ1) is 20.1. The number of hydrogen-bond donors (Lipinski definition) is 2. The summed E-state index contributed by atoms with van der Waals surface area (Å²) in [5.74, 6) is 0.747. The number of rotatable bonds is 6. The third-order valence-electron chi connectivity index (χ3n) is 5.85. The van der Waals surface area contributed by atoms with Gasteiger partial charge in [-0.15, -0.1) is 0 Å². The van der Waals surface area contributed by atoms with Crippen molar-refractivity contribution in [3.05, 3.63) is 23.9 Å². The van der Waals surface area contributed by atoms with Crippen LogP contribution in [-0.4, -0.2) is 53.9 Å². The summed E-state index contributed by atoms with van der Waals surface area (Å²) >= 11 is 0. The van der Waals surface area contributed by atoms with Crippen LogP contribution in [0.15, 0.2) is 18.3 Å². The predicted molar refractivity (Wildman–Crippen MR) is 106 cm³/mol. The Hall–Kier alpha value is -2.64. The van der Waals surface area contributed by atoms with Gasteiger partial charge in [-0.1, -0.05) is 19.4 Å². The van der Waals surface area contributed by atoms with Gasteiger partial charge in [0.05, 0.1) is 0 Å². The van der Waals surface area contributed by atoms with Crippen LogP contribution in [0.1, 0.15) is 44.6 Å². The molecule has 1 aliphatic carbocycles. The summed E-state index contributed by atoms with van der Waals surface area (Å²) in [7, 11) is 3.77. The standard InChI is InChI=1S/C20H29N5O3/c1-4-14-7-9-20(10-8-14)18(27)25(19(28)23-20)13-16(26)22-12-15-6-5-11-21-17(15)24(2)3/h5-6,11,14H,4,7-10,12-13H2,1-3H3,(H,22,26)(H,23,28). The van der Waals surface area contributed by atoms with Gasteiger partial charge in [-0.25, -0.2) is 9.78 Å². The van der Waals surface area contributed by atoms with E-state index in [2.05, 4.69) is 22.5 Å². The molecule has 1 aromatic rings. The highest BCUT2D eigenvalue weighted by atomic mass is 16.2. The van der Waals surface area contributed by atoms with E-state index in [1.807, 2.05) is 31.1 Å². The molecule has 8 heteroatoms. The van der Waals surface area contributed by atoms with Crippen LogP contribution in [0.2, 0.25) is 0 Å². The van der Waals surface area contributed by atoms with Crippen LogP contribution in [0, 0.1) is 5.92 Å². The van der Waals surface area contributed by atoms with Crippen molar-refractivity contribution in [3.8, 4) is 0 Å². The zero-order valence-electron chi connectivity index (χ0n) is 16.8. The number of hydrogen-bond acceptors (Lipinski definition) is 5. The molecular weight excluding hydrogens is 358 g/mol. The van der Waals surface area contributed by atoms with Crippen LogP contribution in [0.4, 0.5) is 10.6 Å². The molecule has 1 saturated carbocycles. The smallest absolute Gasteiger partial charge is 0.325 e. The third kappa shape index (κ3) is 3.95. The van der Waals surface area contributed by atoms with Crippen molar-refractivity contribution in [1.82, 2.24) is 20.5 Å². The van der Waals surface area contributed by atoms with E-state index in [0.717, 1.165) is 35.5 Å². The second kappa shape index (κ2) is 8.16. The SMILES string of the molecule is CCC1CCC2(CC1)NC(=O)N(CC(=O)NCc1cccnc1N(C)C)C2=O. The lowest BCUT2D eigenvalue weighted by molar-refractivity contribution is -0.136. The molecule has 2 aliphatic rings. The molecule has 28 heavy (non-hydrogen) atoms. The summed E-state index contributed by atoms with van der Waals surface area (Å²) in [5.41, 5.74) is 0.0530. The van der Waals surface area contributed by atoms with Gasteiger partial charge < -0.3 is 15.5 Å². The number of carbonyl (C=O) groups excluding carboxylic acids is 3. The average Bonchev–Trinajstić information content (AvgIpc) is 2.91. The second-order valence-electron chi connectivity index (χ2n) is 7.91. The summed E-state index contributed by atoms with van der Waals surface area (Å²) < 4.78 is 0. The maximum absolute atomic E-state index is 12.9. The van der Waals surface area contributed by atoms with E-state index >= 15 is 0 Å². The van der Waals surface area contributed by atoms with Crippen LogP contribution < -0.4 is 15.5 Å². The lowest BCUT2D eigenvalue weighted by Gasteiger charge is -2.34. The van der Waals surface area contributed by atoms with Gasteiger partial charge >= 0.3 is 6.03 Å². The van der Waals surface area contributed by atoms with Crippen molar-refractivity contribution in [3.63, 3.8) is 0 Å². The zero-order chi connectivity index (χ0) is 20.3. The second-order valence-corrected chi connectivity index (χ2v) is 7.91. The lowest BCUT2D eigenvalue weighted by atomic mass is 9.75. The van der Waals surface area contributed by atoms with Gasteiger partial charge in [-0.05, 0) is 37.7 Å². The summed E-state index contributed by atoms with van der Waals surface area (Å²) in [4.78, 5) is 44.9. The normalized spacial score (nSPS) is 24.4. The molecule has 4 amide bonds. The molecule has 0 bridgehead atoms. The Morgan fingerprint density at radius 1 is 1.36 bits per heavy atom. The molecule has 8 nitrogen and oxygen atoms in total.